The van der Waals surface area contributed by atoms with E-state index < -0.39 is 0 Å². The maximum atomic E-state index is 3.29. The lowest BCUT2D eigenvalue weighted by Gasteiger charge is -2.16. The Morgan fingerprint density at radius 2 is 2.56 bits per heavy atom. The topological polar surface area (TPSA) is 12.0 Å². The SMILES string of the molecule is CCC(C)[C@H]1NC=CS1. The molecule has 1 heterocycles. The first-order valence-electron chi connectivity index (χ1n) is 3.41. The third-order valence-electron chi connectivity index (χ3n) is 1.71. The van der Waals surface area contributed by atoms with E-state index in [0.29, 0.717) is 5.37 Å². The molecule has 1 rings (SSSR count). The molecule has 0 aromatic heterocycles. The van der Waals surface area contributed by atoms with Crippen molar-refractivity contribution in [3.63, 3.8) is 0 Å². The van der Waals surface area contributed by atoms with E-state index in [4.69, 9.17) is 0 Å². The van der Waals surface area contributed by atoms with Crippen molar-refractivity contribution in [1.29, 1.82) is 0 Å². The summed E-state index contributed by atoms with van der Waals surface area (Å²) >= 11 is 1.88. The molecule has 0 aliphatic carbocycles. The smallest absolute Gasteiger partial charge is 0.0784 e. The Balaban J connectivity index is 2.27. The van der Waals surface area contributed by atoms with Crippen LogP contribution in [0.2, 0.25) is 0 Å². The van der Waals surface area contributed by atoms with E-state index >= 15 is 0 Å². The monoisotopic (exact) mass is 143 g/mol. The molecule has 0 amide bonds. The van der Waals surface area contributed by atoms with Gasteiger partial charge in [-0.2, -0.15) is 0 Å². The van der Waals surface area contributed by atoms with Gasteiger partial charge in [0.25, 0.3) is 0 Å². The molecule has 0 saturated heterocycles. The number of rotatable bonds is 2. The predicted octanol–water partition coefficient (Wildman–Crippen LogP) is 2.17. The lowest BCUT2D eigenvalue weighted by atomic mass is 10.1. The van der Waals surface area contributed by atoms with Crippen LogP contribution in [0.25, 0.3) is 0 Å². The summed E-state index contributed by atoms with van der Waals surface area (Å²) in [5, 5.41) is 6.05. The highest BCUT2D eigenvalue weighted by Gasteiger charge is 2.15. The Bertz CT molecular complexity index is 103. The summed E-state index contributed by atoms with van der Waals surface area (Å²) in [5.74, 6) is 0.782. The number of hydrogen-bond donors (Lipinski definition) is 1. The first-order valence-corrected chi connectivity index (χ1v) is 4.35. The summed E-state index contributed by atoms with van der Waals surface area (Å²) in [7, 11) is 0. The zero-order valence-corrected chi connectivity index (χ0v) is 6.74. The van der Waals surface area contributed by atoms with Crippen LogP contribution in [0.3, 0.4) is 0 Å². The van der Waals surface area contributed by atoms with E-state index in [1.807, 2.05) is 18.0 Å². The van der Waals surface area contributed by atoms with Gasteiger partial charge in [0.05, 0.1) is 5.37 Å². The van der Waals surface area contributed by atoms with Gasteiger partial charge >= 0.3 is 0 Å². The summed E-state index contributed by atoms with van der Waals surface area (Å²) < 4.78 is 0. The Hall–Kier alpha value is -0.110. The first-order chi connectivity index (χ1) is 4.34. The van der Waals surface area contributed by atoms with Crippen molar-refractivity contribution in [3.8, 4) is 0 Å². The van der Waals surface area contributed by atoms with Gasteiger partial charge in [0, 0.05) is 6.20 Å². The van der Waals surface area contributed by atoms with Crippen LogP contribution in [-0.2, 0) is 0 Å². The Morgan fingerprint density at radius 3 is 3.00 bits per heavy atom. The summed E-state index contributed by atoms with van der Waals surface area (Å²) in [6.45, 7) is 4.50. The van der Waals surface area contributed by atoms with Crippen LogP contribution in [-0.4, -0.2) is 5.37 Å². The molecule has 1 unspecified atom stereocenters. The summed E-state index contributed by atoms with van der Waals surface area (Å²) in [6, 6.07) is 0. The minimum atomic E-state index is 0.634. The van der Waals surface area contributed by atoms with Gasteiger partial charge in [0.1, 0.15) is 0 Å². The van der Waals surface area contributed by atoms with E-state index in [-0.39, 0.29) is 0 Å². The van der Waals surface area contributed by atoms with E-state index in [2.05, 4.69) is 24.6 Å². The fourth-order valence-electron chi connectivity index (χ4n) is 0.810. The van der Waals surface area contributed by atoms with Gasteiger partial charge in [-0.15, -0.1) is 11.8 Å². The highest BCUT2D eigenvalue weighted by atomic mass is 32.2. The highest BCUT2D eigenvalue weighted by Crippen LogP contribution is 2.24. The second-order valence-corrected chi connectivity index (χ2v) is 3.46. The molecule has 0 fully saturated rings. The second-order valence-electron chi connectivity index (χ2n) is 2.41. The van der Waals surface area contributed by atoms with Crippen molar-refractivity contribution in [2.45, 2.75) is 25.6 Å². The van der Waals surface area contributed by atoms with Crippen LogP contribution in [0.5, 0.6) is 0 Å². The summed E-state index contributed by atoms with van der Waals surface area (Å²) in [4.78, 5) is 0. The average Bonchev–Trinajstić information content (AvgIpc) is 2.37. The van der Waals surface area contributed by atoms with Gasteiger partial charge in [-0.1, -0.05) is 20.3 Å². The Kier molecular flexibility index (Phi) is 2.46. The third kappa shape index (κ3) is 1.65. The third-order valence-corrected chi connectivity index (χ3v) is 2.90. The molecule has 1 nitrogen and oxygen atoms in total. The standard InChI is InChI=1S/C7H13NS/c1-3-6(2)7-8-4-5-9-7/h4-8H,3H2,1-2H3/t6?,7-/m0/s1. The molecule has 0 bridgehead atoms. The number of nitrogens with one attached hydrogen (secondary N) is 1. The maximum absolute atomic E-state index is 3.29. The van der Waals surface area contributed by atoms with E-state index in [0.717, 1.165) is 5.92 Å². The molecule has 52 valence electrons. The zero-order valence-electron chi connectivity index (χ0n) is 5.92. The van der Waals surface area contributed by atoms with Gasteiger partial charge in [-0.25, -0.2) is 0 Å². The lowest BCUT2D eigenvalue weighted by Crippen LogP contribution is -2.23. The molecule has 1 N–H and O–H groups in total. The fraction of sp³-hybridized carbons (Fsp3) is 0.714. The van der Waals surface area contributed by atoms with Crippen molar-refractivity contribution in [2.24, 2.45) is 5.92 Å². The average molecular weight is 143 g/mol. The molecule has 1 aliphatic rings. The van der Waals surface area contributed by atoms with Gasteiger partial charge in [-0.05, 0) is 11.3 Å². The van der Waals surface area contributed by atoms with E-state index in [9.17, 15) is 0 Å². The van der Waals surface area contributed by atoms with Gasteiger partial charge in [0.15, 0.2) is 0 Å². The number of thioether (sulfide) groups is 1. The van der Waals surface area contributed by atoms with Crippen molar-refractivity contribution >= 4 is 11.8 Å². The molecule has 9 heavy (non-hydrogen) atoms. The molecule has 0 aromatic carbocycles. The molecule has 1 aliphatic heterocycles. The molecule has 0 aromatic rings. The van der Waals surface area contributed by atoms with Crippen molar-refractivity contribution < 1.29 is 0 Å². The normalized spacial score (nSPS) is 28.0. The Morgan fingerprint density at radius 1 is 1.78 bits per heavy atom. The summed E-state index contributed by atoms with van der Waals surface area (Å²) in [5.41, 5.74) is 0. The van der Waals surface area contributed by atoms with Crippen LogP contribution in [0.4, 0.5) is 0 Å². The van der Waals surface area contributed by atoms with Crippen LogP contribution >= 0.6 is 11.8 Å². The van der Waals surface area contributed by atoms with Crippen LogP contribution < -0.4 is 5.32 Å². The van der Waals surface area contributed by atoms with Crippen LogP contribution in [0, 0.1) is 5.92 Å². The Labute approximate surface area is 60.9 Å². The van der Waals surface area contributed by atoms with Crippen LogP contribution in [0.15, 0.2) is 11.6 Å². The minimum Gasteiger partial charge on any atom is -0.378 e. The fourth-order valence-corrected chi connectivity index (χ4v) is 1.75. The summed E-state index contributed by atoms with van der Waals surface area (Å²) in [6.07, 6.45) is 3.29. The van der Waals surface area contributed by atoms with Gasteiger partial charge in [-0.3, -0.25) is 0 Å². The van der Waals surface area contributed by atoms with Gasteiger partial charge in [0.2, 0.25) is 0 Å². The molecular formula is C7H13NS. The van der Waals surface area contributed by atoms with Crippen molar-refractivity contribution in [1.82, 2.24) is 5.32 Å². The number of hydrogen-bond acceptors (Lipinski definition) is 2. The maximum Gasteiger partial charge on any atom is 0.0784 e. The first kappa shape index (κ1) is 7.00. The molecule has 0 spiro atoms. The molecular weight excluding hydrogens is 130 g/mol. The quantitative estimate of drug-likeness (QED) is 0.635. The molecule has 0 radical (unpaired) electrons. The second kappa shape index (κ2) is 3.16. The predicted molar refractivity (Wildman–Crippen MR) is 43.1 cm³/mol. The van der Waals surface area contributed by atoms with E-state index in [1.54, 1.807) is 0 Å². The largest absolute Gasteiger partial charge is 0.378 e. The molecule has 2 heteroatoms. The zero-order chi connectivity index (χ0) is 6.69. The van der Waals surface area contributed by atoms with Crippen LogP contribution in [0.1, 0.15) is 20.3 Å². The highest BCUT2D eigenvalue weighted by molar-refractivity contribution is 8.02. The van der Waals surface area contributed by atoms with Crippen molar-refractivity contribution in [2.75, 3.05) is 0 Å². The van der Waals surface area contributed by atoms with Gasteiger partial charge < -0.3 is 5.32 Å². The lowest BCUT2D eigenvalue weighted by molar-refractivity contribution is 0.510. The molecule has 0 saturated carbocycles. The minimum absolute atomic E-state index is 0.634. The van der Waals surface area contributed by atoms with Crippen molar-refractivity contribution in [3.05, 3.63) is 11.6 Å². The van der Waals surface area contributed by atoms with E-state index in [1.165, 1.54) is 6.42 Å². The molecule has 2 atom stereocenters.